The van der Waals surface area contributed by atoms with E-state index in [1.807, 2.05) is 0 Å². The molecular weight excluding hydrogens is 292 g/mol. The van der Waals surface area contributed by atoms with Gasteiger partial charge in [-0.15, -0.1) is 0 Å². The summed E-state index contributed by atoms with van der Waals surface area (Å²) in [5, 5.41) is -0.235. The molecule has 0 N–H and O–H groups in total. The monoisotopic (exact) mass is 324 g/mol. The Morgan fingerprint density at radius 1 is 0.818 bits per heavy atom. The van der Waals surface area contributed by atoms with Crippen LogP contribution in [0.5, 0.6) is 0 Å². The predicted octanol–water partition coefficient (Wildman–Crippen LogP) is 5.13. The van der Waals surface area contributed by atoms with Gasteiger partial charge in [-0.05, 0) is 50.2 Å². The number of unbranched alkanes of at least 4 members (excludes halogenated alkanes) is 4. The lowest BCUT2D eigenvalue weighted by molar-refractivity contribution is 0.577. The summed E-state index contributed by atoms with van der Waals surface area (Å²) in [5.41, 5.74) is 2.81. The summed E-state index contributed by atoms with van der Waals surface area (Å²) in [7, 11) is -2.85. The Hall–Kier alpha value is -0.830. The number of aryl methyl sites for hydroxylation is 1. The zero-order valence-electron chi connectivity index (χ0n) is 14.6. The van der Waals surface area contributed by atoms with Crippen LogP contribution in [-0.2, 0) is 16.3 Å². The summed E-state index contributed by atoms with van der Waals surface area (Å²) in [4.78, 5) is 0. The van der Waals surface area contributed by atoms with Crippen molar-refractivity contribution in [3.8, 4) is 0 Å². The van der Waals surface area contributed by atoms with Gasteiger partial charge in [0.2, 0.25) is 0 Å². The Labute approximate surface area is 137 Å². The average molecular weight is 325 g/mol. The van der Waals surface area contributed by atoms with E-state index in [1.54, 1.807) is 13.8 Å². The molecule has 126 valence electrons. The van der Waals surface area contributed by atoms with Crippen LogP contribution in [0.4, 0.5) is 0 Å². The van der Waals surface area contributed by atoms with Crippen LogP contribution < -0.4 is 0 Å². The average Bonchev–Trinajstić information content (AvgIpc) is 2.46. The van der Waals surface area contributed by atoms with Crippen molar-refractivity contribution in [1.29, 1.82) is 0 Å². The molecule has 22 heavy (non-hydrogen) atoms. The fraction of sp³-hybridized carbons (Fsp3) is 0.684. The van der Waals surface area contributed by atoms with E-state index in [4.69, 9.17) is 0 Å². The number of sulfone groups is 1. The Kier molecular flexibility index (Phi) is 8.16. The van der Waals surface area contributed by atoms with Crippen molar-refractivity contribution >= 4 is 9.84 Å². The highest BCUT2D eigenvalue weighted by Gasteiger charge is 2.14. The lowest BCUT2D eigenvalue weighted by Gasteiger charge is -2.08. The molecule has 0 bridgehead atoms. The first kappa shape index (κ1) is 19.2. The van der Waals surface area contributed by atoms with Crippen molar-refractivity contribution in [2.45, 2.75) is 77.4 Å². The number of benzene rings is 1. The van der Waals surface area contributed by atoms with Crippen LogP contribution in [0.2, 0.25) is 0 Å². The van der Waals surface area contributed by atoms with Crippen LogP contribution in [0, 0.1) is 0 Å². The van der Waals surface area contributed by atoms with Crippen LogP contribution >= 0.6 is 0 Å². The molecule has 0 unspecified atom stereocenters. The van der Waals surface area contributed by atoms with Gasteiger partial charge < -0.3 is 0 Å². The second-order valence-electron chi connectivity index (χ2n) is 6.83. The lowest BCUT2D eigenvalue weighted by Crippen LogP contribution is -2.17. The Morgan fingerprint density at radius 2 is 1.36 bits per heavy atom. The van der Waals surface area contributed by atoms with E-state index < -0.39 is 9.84 Å². The van der Waals surface area contributed by atoms with E-state index in [2.05, 4.69) is 38.1 Å². The third-order valence-corrected chi connectivity index (χ3v) is 6.55. The van der Waals surface area contributed by atoms with Crippen molar-refractivity contribution in [3.05, 3.63) is 35.4 Å². The molecule has 0 aliphatic heterocycles. The van der Waals surface area contributed by atoms with Gasteiger partial charge in [0, 0.05) is 0 Å². The Morgan fingerprint density at radius 3 is 1.91 bits per heavy atom. The lowest BCUT2D eigenvalue weighted by atomic mass is 9.99. The van der Waals surface area contributed by atoms with Gasteiger partial charge in [-0.25, -0.2) is 8.42 Å². The third kappa shape index (κ3) is 6.95. The highest BCUT2D eigenvalue weighted by atomic mass is 32.2. The molecule has 0 atom stereocenters. The topological polar surface area (TPSA) is 34.1 Å². The quantitative estimate of drug-likeness (QED) is 0.559. The molecule has 0 aromatic heterocycles. The standard InChI is InChI=1S/C19H32O2S/c1-16(2)19-13-11-18(12-14-19)10-8-6-5-7-9-15-22(20,21)17(3)4/h11-14,16-17H,5-10,15H2,1-4H3. The second kappa shape index (κ2) is 9.34. The van der Waals surface area contributed by atoms with Crippen LogP contribution in [0.15, 0.2) is 24.3 Å². The van der Waals surface area contributed by atoms with E-state index in [0.717, 1.165) is 25.7 Å². The van der Waals surface area contributed by atoms with Crippen molar-refractivity contribution in [1.82, 2.24) is 0 Å². The van der Waals surface area contributed by atoms with Gasteiger partial charge in [0.15, 0.2) is 9.84 Å². The molecule has 0 aliphatic rings. The van der Waals surface area contributed by atoms with Gasteiger partial charge in [0.1, 0.15) is 0 Å². The molecule has 2 nitrogen and oxygen atoms in total. The Balaban J connectivity index is 2.13. The summed E-state index contributed by atoms with van der Waals surface area (Å²) in [6, 6.07) is 8.95. The third-order valence-electron chi connectivity index (χ3n) is 4.26. The molecule has 1 aromatic rings. The fourth-order valence-electron chi connectivity index (χ4n) is 2.47. The van der Waals surface area contributed by atoms with E-state index in [0.29, 0.717) is 11.7 Å². The maximum atomic E-state index is 11.7. The highest BCUT2D eigenvalue weighted by Crippen LogP contribution is 2.16. The summed E-state index contributed by atoms with van der Waals surface area (Å²) in [6.45, 7) is 7.96. The van der Waals surface area contributed by atoms with Gasteiger partial charge in [-0.1, -0.05) is 57.4 Å². The zero-order chi connectivity index (χ0) is 16.6. The summed E-state index contributed by atoms with van der Waals surface area (Å²) in [5.74, 6) is 0.942. The molecular formula is C19H32O2S. The molecule has 1 aromatic carbocycles. The van der Waals surface area contributed by atoms with Gasteiger partial charge >= 0.3 is 0 Å². The molecule has 0 radical (unpaired) electrons. The molecule has 3 heteroatoms. The fourth-order valence-corrected chi connectivity index (χ4v) is 3.55. The van der Waals surface area contributed by atoms with E-state index in [9.17, 15) is 8.42 Å². The molecule has 0 heterocycles. The summed E-state index contributed by atoms with van der Waals surface area (Å²) < 4.78 is 23.4. The summed E-state index contributed by atoms with van der Waals surface area (Å²) in [6.07, 6.45) is 6.48. The zero-order valence-corrected chi connectivity index (χ0v) is 15.5. The molecule has 0 amide bonds. The molecule has 0 saturated carbocycles. The predicted molar refractivity (Wildman–Crippen MR) is 96.2 cm³/mol. The number of hydrogen-bond donors (Lipinski definition) is 0. The number of rotatable bonds is 10. The second-order valence-corrected chi connectivity index (χ2v) is 9.51. The molecule has 1 rings (SSSR count). The molecule has 0 saturated heterocycles. The molecule has 0 spiro atoms. The SMILES string of the molecule is CC(C)c1ccc(CCCCCCCS(=O)(=O)C(C)C)cc1. The van der Waals surface area contributed by atoms with Gasteiger partial charge in [-0.2, -0.15) is 0 Å². The van der Waals surface area contributed by atoms with Crippen molar-refractivity contribution < 1.29 is 8.42 Å². The van der Waals surface area contributed by atoms with Crippen LogP contribution in [0.1, 0.15) is 76.8 Å². The molecule has 0 fully saturated rings. The van der Waals surface area contributed by atoms with E-state index in [1.165, 1.54) is 24.0 Å². The molecule has 0 aliphatic carbocycles. The largest absolute Gasteiger partial charge is 0.229 e. The minimum Gasteiger partial charge on any atom is -0.229 e. The smallest absolute Gasteiger partial charge is 0.152 e. The maximum absolute atomic E-state index is 11.7. The van der Waals surface area contributed by atoms with Crippen molar-refractivity contribution in [2.24, 2.45) is 0 Å². The first-order chi connectivity index (χ1) is 10.3. The van der Waals surface area contributed by atoms with Gasteiger partial charge in [-0.3, -0.25) is 0 Å². The Bertz CT molecular complexity index is 513. The van der Waals surface area contributed by atoms with Crippen molar-refractivity contribution in [2.75, 3.05) is 5.75 Å². The first-order valence-corrected chi connectivity index (χ1v) is 10.3. The minimum absolute atomic E-state index is 0.235. The van der Waals surface area contributed by atoms with E-state index >= 15 is 0 Å². The normalized spacial score (nSPS) is 12.3. The number of hydrogen-bond acceptors (Lipinski definition) is 2. The van der Waals surface area contributed by atoms with Crippen LogP contribution in [-0.4, -0.2) is 19.4 Å². The first-order valence-electron chi connectivity index (χ1n) is 8.63. The van der Waals surface area contributed by atoms with E-state index in [-0.39, 0.29) is 5.25 Å². The maximum Gasteiger partial charge on any atom is 0.152 e. The highest BCUT2D eigenvalue weighted by molar-refractivity contribution is 7.91. The minimum atomic E-state index is -2.85. The van der Waals surface area contributed by atoms with Crippen LogP contribution in [0.3, 0.4) is 0 Å². The van der Waals surface area contributed by atoms with Crippen molar-refractivity contribution in [3.63, 3.8) is 0 Å². The van der Waals surface area contributed by atoms with Crippen LogP contribution in [0.25, 0.3) is 0 Å². The van der Waals surface area contributed by atoms with Gasteiger partial charge in [0.05, 0.1) is 11.0 Å². The summed E-state index contributed by atoms with van der Waals surface area (Å²) >= 11 is 0. The van der Waals surface area contributed by atoms with Gasteiger partial charge in [0.25, 0.3) is 0 Å².